The molecule has 0 radical (unpaired) electrons. The van der Waals surface area contributed by atoms with Crippen molar-refractivity contribution in [2.75, 3.05) is 47.9 Å². The first-order chi connectivity index (χ1) is 7.76. The molecule has 0 spiro atoms. The summed E-state index contributed by atoms with van der Waals surface area (Å²) < 4.78 is 15.7. The van der Waals surface area contributed by atoms with E-state index in [0.29, 0.717) is 6.42 Å². The quantitative estimate of drug-likeness (QED) is 0.590. The predicted octanol–water partition coefficient (Wildman–Crippen LogP) is -0.273. The molecule has 0 aromatic heterocycles. The predicted molar refractivity (Wildman–Crippen MR) is 60.6 cm³/mol. The van der Waals surface area contributed by atoms with Crippen molar-refractivity contribution >= 4 is 0 Å². The molecule has 2 N–H and O–H groups in total. The molecule has 1 saturated heterocycles. The van der Waals surface area contributed by atoms with Crippen molar-refractivity contribution < 1.29 is 14.2 Å². The second kappa shape index (κ2) is 7.16. The molecule has 0 aliphatic carbocycles. The van der Waals surface area contributed by atoms with Gasteiger partial charge in [-0.3, -0.25) is 15.5 Å². The van der Waals surface area contributed by atoms with Crippen molar-refractivity contribution in [3.63, 3.8) is 0 Å². The Morgan fingerprint density at radius 1 is 1.06 bits per heavy atom. The second-order valence-electron chi connectivity index (χ2n) is 3.79. The van der Waals surface area contributed by atoms with Crippen LogP contribution in [0.1, 0.15) is 12.8 Å². The summed E-state index contributed by atoms with van der Waals surface area (Å²) in [4.78, 5) is 2.29. The summed E-state index contributed by atoms with van der Waals surface area (Å²) in [5, 5.41) is 6.49. The Labute approximate surface area is 97.2 Å². The van der Waals surface area contributed by atoms with Gasteiger partial charge in [0.25, 0.3) is 5.97 Å². The zero-order valence-corrected chi connectivity index (χ0v) is 10.4. The topological polar surface area (TPSA) is 55.0 Å². The number of hydrogen-bond donors (Lipinski definition) is 2. The summed E-state index contributed by atoms with van der Waals surface area (Å²) in [5.74, 6) is -0.892. The molecule has 1 rings (SSSR count). The summed E-state index contributed by atoms with van der Waals surface area (Å²) in [6.07, 6.45) is 1.67. The molecule has 0 bridgehead atoms. The van der Waals surface area contributed by atoms with Crippen molar-refractivity contribution in [1.29, 1.82) is 0 Å². The number of ether oxygens (including phenoxy) is 3. The zero-order chi connectivity index (χ0) is 11.9. The van der Waals surface area contributed by atoms with Crippen LogP contribution in [0.25, 0.3) is 0 Å². The number of nitrogens with zero attached hydrogens (tertiary/aromatic N) is 1. The Morgan fingerprint density at radius 3 is 2.12 bits per heavy atom. The van der Waals surface area contributed by atoms with E-state index in [1.54, 1.807) is 21.3 Å². The first-order valence-corrected chi connectivity index (χ1v) is 5.55. The lowest BCUT2D eigenvalue weighted by Crippen LogP contribution is -2.51. The van der Waals surface area contributed by atoms with E-state index in [0.717, 1.165) is 33.0 Å². The van der Waals surface area contributed by atoms with E-state index in [2.05, 4.69) is 15.5 Å². The maximum atomic E-state index is 5.23. The molecule has 0 amide bonds. The van der Waals surface area contributed by atoms with Crippen molar-refractivity contribution in [2.24, 2.45) is 0 Å². The van der Waals surface area contributed by atoms with Crippen molar-refractivity contribution in [3.05, 3.63) is 0 Å². The molecule has 1 fully saturated rings. The average Bonchev–Trinajstić information content (AvgIpc) is 2.37. The van der Waals surface area contributed by atoms with Gasteiger partial charge in [-0.05, 0) is 6.42 Å². The Hall–Kier alpha value is -0.240. The third kappa shape index (κ3) is 3.97. The van der Waals surface area contributed by atoms with Gasteiger partial charge in [-0.15, -0.1) is 0 Å². The Balaban J connectivity index is 2.21. The van der Waals surface area contributed by atoms with Gasteiger partial charge in [-0.2, -0.15) is 0 Å². The standard InChI is InChI=1S/C10H23N3O3/c1-14-10(15-2,16-3)5-4-6-13-8-11-7-12-9-13/h11-12H,4-9H2,1-3H3. The van der Waals surface area contributed by atoms with E-state index < -0.39 is 5.97 Å². The van der Waals surface area contributed by atoms with Gasteiger partial charge in [-0.25, -0.2) is 0 Å². The summed E-state index contributed by atoms with van der Waals surface area (Å²) in [5.41, 5.74) is 0. The monoisotopic (exact) mass is 233 g/mol. The van der Waals surface area contributed by atoms with E-state index in [1.807, 2.05) is 0 Å². The Kier molecular flexibility index (Phi) is 6.18. The van der Waals surface area contributed by atoms with E-state index in [-0.39, 0.29) is 0 Å². The van der Waals surface area contributed by atoms with Crippen LogP contribution in [-0.2, 0) is 14.2 Å². The van der Waals surface area contributed by atoms with Crippen molar-refractivity contribution in [1.82, 2.24) is 15.5 Å². The van der Waals surface area contributed by atoms with E-state index in [1.165, 1.54) is 0 Å². The van der Waals surface area contributed by atoms with Crippen LogP contribution in [0.5, 0.6) is 0 Å². The minimum Gasteiger partial charge on any atom is -0.331 e. The van der Waals surface area contributed by atoms with Gasteiger partial charge >= 0.3 is 0 Å². The maximum Gasteiger partial charge on any atom is 0.282 e. The van der Waals surface area contributed by atoms with Crippen LogP contribution in [0, 0.1) is 0 Å². The van der Waals surface area contributed by atoms with Crippen LogP contribution < -0.4 is 10.6 Å². The van der Waals surface area contributed by atoms with Gasteiger partial charge in [0.05, 0.1) is 13.3 Å². The van der Waals surface area contributed by atoms with Crippen LogP contribution >= 0.6 is 0 Å². The summed E-state index contributed by atoms with van der Waals surface area (Å²) >= 11 is 0. The lowest BCUT2D eigenvalue weighted by atomic mass is 10.2. The number of hydrogen-bond acceptors (Lipinski definition) is 6. The minimum absolute atomic E-state index is 0.715. The minimum atomic E-state index is -0.892. The normalized spacial score (nSPS) is 18.9. The highest BCUT2D eigenvalue weighted by molar-refractivity contribution is 4.63. The van der Waals surface area contributed by atoms with Crippen LogP contribution in [0.2, 0.25) is 0 Å². The fraction of sp³-hybridized carbons (Fsp3) is 1.00. The lowest BCUT2D eigenvalue weighted by Gasteiger charge is -2.31. The van der Waals surface area contributed by atoms with E-state index >= 15 is 0 Å². The average molecular weight is 233 g/mol. The van der Waals surface area contributed by atoms with Crippen LogP contribution in [0.3, 0.4) is 0 Å². The van der Waals surface area contributed by atoms with Crippen LogP contribution in [0.15, 0.2) is 0 Å². The fourth-order valence-corrected chi connectivity index (χ4v) is 1.81. The zero-order valence-electron chi connectivity index (χ0n) is 10.4. The molecule has 1 aliphatic heterocycles. The van der Waals surface area contributed by atoms with Crippen LogP contribution in [-0.4, -0.2) is 58.8 Å². The SMILES string of the molecule is COC(CCCN1CNCNC1)(OC)OC. The molecule has 1 heterocycles. The third-order valence-electron chi connectivity index (χ3n) is 2.81. The first kappa shape index (κ1) is 13.8. The molecule has 16 heavy (non-hydrogen) atoms. The lowest BCUT2D eigenvalue weighted by molar-refractivity contribution is -0.355. The molecule has 0 atom stereocenters. The summed E-state index contributed by atoms with van der Waals surface area (Å²) in [6, 6.07) is 0. The Bertz CT molecular complexity index is 174. The molecular formula is C10H23N3O3. The molecule has 0 aromatic rings. The molecule has 1 aliphatic rings. The summed E-state index contributed by atoms with van der Waals surface area (Å²) in [7, 11) is 4.78. The van der Waals surface area contributed by atoms with Gasteiger partial charge in [0.2, 0.25) is 0 Å². The van der Waals surface area contributed by atoms with Gasteiger partial charge in [-0.1, -0.05) is 0 Å². The summed E-state index contributed by atoms with van der Waals surface area (Å²) in [6.45, 7) is 3.71. The molecule has 0 unspecified atom stereocenters. The third-order valence-corrected chi connectivity index (χ3v) is 2.81. The smallest absolute Gasteiger partial charge is 0.282 e. The van der Waals surface area contributed by atoms with Crippen molar-refractivity contribution in [2.45, 2.75) is 18.8 Å². The fourth-order valence-electron chi connectivity index (χ4n) is 1.81. The van der Waals surface area contributed by atoms with Gasteiger partial charge in [0, 0.05) is 41.0 Å². The van der Waals surface area contributed by atoms with Gasteiger partial charge in [0.15, 0.2) is 0 Å². The second-order valence-corrected chi connectivity index (χ2v) is 3.79. The van der Waals surface area contributed by atoms with Gasteiger partial charge < -0.3 is 14.2 Å². The highest BCUT2D eigenvalue weighted by Crippen LogP contribution is 2.19. The largest absolute Gasteiger partial charge is 0.331 e. The van der Waals surface area contributed by atoms with E-state index in [9.17, 15) is 0 Å². The molecule has 6 heteroatoms. The highest BCUT2D eigenvalue weighted by Gasteiger charge is 2.28. The Morgan fingerprint density at radius 2 is 1.62 bits per heavy atom. The number of nitrogens with one attached hydrogen (secondary N) is 2. The van der Waals surface area contributed by atoms with E-state index in [4.69, 9.17) is 14.2 Å². The molecule has 0 aromatic carbocycles. The highest BCUT2D eigenvalue weighted by atomic mass is 16.9. The molecule has 6 nitrogen and oxygen atoms in total. The molecule has 96 valence electrons. The van der Waals surface area contributed by atoms with Crippen LogP contribution in [0.4, 0.5) is 0 Å². The molecular weight excluding hydrogens is 210 g/mol. The van der Waals surface area contributed by atoms with Crippen molar-refractivity contribution in [3.8, 4) is 0 Å². The number of methoxy groups -OCH3 is 3. The maximum absolute atomic E-state index is 5.23. The molecule has 0 saturated carbocycles. The first-order valence-electron chi connectivity index (χ1n) is 5.55. The number of rotatable bonds is 7. The van der Waals surface area contributed by atoms with Gasteiger partial charge in [0.1, 0.15) is 0 Å².